The standard InChI is InChI=1S/C28H27F2NO6/c1-15-5-7-23-24(9-15)37-20(14-36-23)13-35-22-8-6-21(25(30)16(22)2)26(32)31-19-11-17(10-18(29)12-19)28(3,4)27(33)34/h5-12,20H,13-14H2,1-4H3,(H,31,32)(H,33,34)/t20-/m1/s1. The molecular formula is C28H27F2NO6. The van der Waals surface area contributed by atoms with Crippen molar-refractivity contribution < 1.29 is 37.7 Å². The van der Waals surface area contributed by atoms with E-state index in [0.717, 1.165) is 17.7 Å². The number of benzene rings is 3. The number of ether oxygens (including phenoxy) is 3. The van der Waals surface area contributed by atoms with Crippen LogP contribution in [0.3, 0.4) is 0 Å². The molecule has 0 aliphatic carbocycles. The molecule has 1 heterocycles. The first-order chi connectivity index (χ1) is 17.5. The number of nitrogens with one attached hydrogen (secondary N) is 1. The zero-order valence-corrected chi connectivity index (χ0v) is 20.9. The third-order valence-electron chi connectivity index (χ3n) is 6.24. The first-order valence-electron chi connectivity index (χ1n) is 11.6. The topological polar surface area (TPSA) is 94.1 Å². The monoisotopic (exact) mass is 511 g/mol. The molecular weight excluding hydrogens is 484 g/mol. The number of aryl methyl sites for hydroxylation is 1. The highest BCUT2D eigenvalue weighted by Gasteiger charge is 2.30. The van der Waals surface area contributed by atoms with E-state index in [1.54, 1.807) is 0 Å². The van der Waals surface area contributed by atoms with Crippen LogP contribution in [0.2, 0.25) is 0 Å². The quantitative estimate of drug-likeness (QED) is 0.440. The second-order valence-corrected chi connectivity index (χ2v) is 9.48. The van der Waals surface area contributed by atoms with E-state index in [0.29, 0.717) is 11.5 Å². The molecule has 9 heteroatoms. The van der Waals surface area contributed by atoms with Crippen LogP contribution in [0.4, 0.5) is 14.5 Å². The summed E-state index contributed by atoms with van der Waals surface area (Å²) < 4.78 is 46.7. The molecule has 3 aromatic rings. The molecule has 1 atom stereocenters. The summed E-state index contributed by atoms with van der Waals surface area (Å²) in [5, 5.41) is 11.9. The highest BCUT2D eigenvalue weighted by Crippen LogP contribution is 2.33. The number of carboxylic acid groups (broad SMARTS) is 1. The molecule has 194 valence electrons. The number of aliphatic carboxylic acids is 1. The summed E-state index contributed by atoms with van der Waals surface area (Å²) in [4.78, 5) is 24.3. The van der Waals surface area contributed by atoms with Crippen molar-refractivity contribution in [2.24, 2.45) is 0 Å². The lowest BCUT2D eigenvalue weighted by molar-refractivity contribution is -0.142. The van der Waals surface area contributed by atoms with Crippen molar-refractivity contribution in [1.82, 2.24) is 0 Å². The van der Waals surface area contributed by atoms with Crippen molar-refractivity contribution in [2.75, 3.05) is 18.5 Å². The molecule has 0 bridgehead atoms. The number of rotatable bonds is 7. The molecule has 2 N–H and O–H groups in total. The lowest BCUT2D eigenvalue weighted by Gasteiger charge is -2.27. The number of carbonyl (C=O) groups is 2. The van der Waals surface area contributed by atoms with E-state index >= 15 is 4.39 Å². The lowest BCUT2D eigenvalue weighted by Crippen LogP contribution is -2.34. The zero-order valence-electron chi connectivity index (χ0n) is 20.9. The summed E-state index contributed by atoms with van der Waals surface area (Å²) >= 11 is 0. The van der Waals surface area contributed by atoms with E-state index in [4.69, 9.17) is 14.2 Å². The number of hydrogen-bond acceptors (Lipinski definition) is 5. The molecule has 0 saturated heterocycles. The summed E-state index contributed by atoms with van der Waals surface area (Å²) in [6.45, 7) is 6.63. The van der Waals surface area contributed by atoms with Crippen molar-refractivity contribution in [2.45, 2.75) is 39.2 Å². The van der Waals surface area contributed by atoms with Gasteiger partial charge in [0.1, 0.15) is 30.6 Å². The molecule has 0 spiro atoms. The lowest BCUT2D eigenvalue weighted by atomic mass is 9.84. The van der Waals surface area contributed by atoms with Gasteiger partial charge in [0, 0.05) is 11.3 Å². The second-order valence-electron chi connectivity index (χ2n) is 9.48. The van der Waals surface area contributed by atoms with Gasteiger partial charge in [0.25, 0.3) is 5.91 Å². The maximum atomic E-state index is 15.1. The van der Waals surface area contributed by atoms with Gasteiger partial charge in [0.05, 0.1) is 11.0 Å². The normalized spacial score (nSPS) is 14.7. The Hall–Kier alpha value is -4.14. The van der Waals surface area contributed by atoms with Gasteiger partial charge in [0.15, 0.2) is 17.6 Å². The minimum atomic E-state index is -1.39. The van der Waals surface area contributed by atoms with Gasteiger partial charge in [-0.25, -0.2) is 8.78 Å². The molecule has 3 aromatic carbocycles. The average Bonchev–Trinajstić information content (AvgIpc) is 2.84. The Morgan fingerprint density at radius 3 is 2.57 bits per heavy atom. The molecule has 1 amide bonds. The maximum absolute atomic E-state index is 15.1. The Kier molecular flexibility index (Phi) is 7.07. The summed E-state index contributed by atoms with van der Waals surface area (Å²) in [6, 6.07) is 11.8. The molecule has 1 aliphatic rings. The predicted molar refractivity (Wildman–Crippen MR) is 133 cm³/mol. The third-order valence-corrected chi connectivity index (χ3v) is 6.24. The van der Waals surface area contributed by atoms with Gasteiger partial charge in [-0.3, -0.25) is 9.59 Å². The fraction of sp³-hybridized carbons (Fsp3) is 0.286. The van der Waals surface area contributed by atoms with Crippen LogP contribution in [-0.4, -0.2) is 36.3 Å². The third kappa shape index (κ3) is 5.50. The summed E-state index contributed by atoms with van der Waals surface area (Å²) in [5.41, 5.74) is -0.353. The van der Waals surface area contributed by atoms with Crippen LogP contribution in [-0.2, 0) is 10.2 Å². The Morgan fingerprint density at radius 1 is 1.08 bits per heavy atom. The van der Waals surface area contributed by atoms with Crippen LogP contribution < -0.4 is 19.5 Å². The van der Waals surface area contributed by atoms with Crippen LogP contribution >= 0.6 is 0 Å². The number of amides is 1. The molecule has 0 saturated carbocycles. The molecule has 37 heavy (non-hydrogen) atoms. The van der Waals surface area contributed by atoms with Crippen molar-refractivity contribution in [3.63, 3.8) is 0 Å². The number of fused-ring (bicyclic) bond motifs is 1. The highest BCUT2D eigenvalue weighted by molar-refractivity contribution is 6.04. The van der Waals surface area contributed by atoms with Gasteiger partial charge >= 0.3 is 5.97 Å². The Bertz CT molecular complexity index is 1370. The first-order valence-corrected chi connectivity index (χ1v) is 11.6. The molecule has 0 fully saturated rings. The van der Waals surface area contributed by atoms with E-state index in [1.807, 2.05) is 25.1 Å². The zero-order chi connectivity index (χ0) is 26.9. The number of hydrogen-bond donors (Lipinski definition) is 2. The van der Waals surface area contributed by atoms with Gasteiger partial charge in [-0.1, -0.05) is 6.07 Å². The van der Waals surface area contributed by atoms with Gasteiger partial charge in [0.2, 0.25) is 0 Å². The largest absolute Gasteiger partial charge is 0.489 e. The Balaban J connectivity index is 1.46. The van der Waals surface area contributed by atoms with Gasteiger partial charge < -0.3 is 24.6 Å². The fourth-order valence-corrected chi connectivity index (χ4v) is 3.83. The van der Waals surface area contributed by atoms with Crippen molar-refractivity contribution in [3.8, 4) is 17.2 Å². The molecule has 0 aromatic heterocycles. The molecule has 0 radical (unpaired) electrons. The van der Waals surface area contributed by atoms with Crippen LogP contribution in [0, 0.1) is 25.5 Å². The van der Waals surface area contributed by atoms with Crippen molar-refractivity contribution in [1.29, 1.82) is 0 Å². The van der Waals surface area contributed by atoms with Crippen LogP contribution in [0.5, 0.6) is 17.2 Å². The second kappa shape index (κ2) is 10.1. The molecule has 7 nitrogen and oxygen atoms in total. The Labute approximate surface area is 213 Å². The molecule has 0 unspecified atom stereocenters. The predicted octanol–water partition coefficient (Wildman–Crippen LogP) is 5.41. The number of carboxylic acids is 1. The smallest absolute Gasteiger partial charge is 0.313 e. The van der Waals surface area contributed by atoms with E-state index in [9.17, 15) is 19.1 Å². The minimum absolute atomic E-state index is 0.0108. The van der Waals surface area contributed by atoms with E-state index in [-0.39, 0.29) is 41.3 Å². The van der Waals surface area contributed by atoms with Gasteiger partial charge in [-0.15, -0.1) is 0 Å². The SMILES string of the molecule is Cc1ccc2c(c1)O[C@H](COc1ccc(C(=O)Nc3cc(F)cc(C(C)(C)C(=O)O)c3)c(F)c1C)CO2. The van der Waals surface area contributed by atoms with E-state index in [2.05, 4.69) is 5.32 Å². The van der Waals surface area contributed by atoms with E-state index in [1.165, 1.54) is 39.0 Å². The van der Waals surface area contributed by atoms with Crippen LogP contribution in [0.25, 0.3) is 0 Å². The fourth-order valence-electron chi connectivity index (χ4n) is 3.83. The van der Waals surface area contributed by atoms with Gasteiger partial charge in [-0.2, -0.15) is 0 Å². The molecule has 4 rings (SSSR count). The Morgan fingerprint density at radius 2 is 1.84 bits per heavy atom. The molecule has 1 aliphatic heterocycles. The highest BCUT2D eigenvalue weighted by atomic mass is 19.1. The summed E-state index contributed by atoms with van der Waals surface area (Å²) in [5.74, 6) is -1.99. The number of anilines is 1. The summed E-state index contributed by atoms with van der Waals surface area (Å²) in [7, 11) is 0. The average molecular weight is 512 g/mol. The van der Waals surface area contributed by atoms with Crippen LogP contribution in [0.1, 0.15) is 40.9 Å². The van der Waals surface area contributed by atoms with E-state index < -0.39 is 35.0 Å². The van der Waals surface area contributed by atoms with Crippen LogP contribution in [0.15, 0.2) is 48.5 Å². The first kappa shape index (κ1) is 25.9. The van der Waals surface area contributed by atoms with Gasteiger partial charge in [-0.05, 0) is 81.3 Å². The maximum Gasteiger partial charge on any atom is 0.313 e. The van der Waals surface area contributed by atoms with Crippen molar-refractivity contribution in [3.05, 3.63) is 82.4 Å². The summed E-state index contributed by atoms with van der Waals surface area (Å²) in [6.07, 6.45) is -0.406. The number of halogens is 2. The van der Waals surface area contributed by atoms with Crippen molar-refractivity contribution >= 4 is 17.6 Å². The minimum Gasteiger partial charge on any atom is -0.489 e. The number of carbonyl (C=O) groups excluding carboxylic acids is 1.